The summed E-state index contributed by atoms with van der Waals surface area (Å²) < 4.78 is 3.32. The molecule has 3 heterocycles. The molecule has 2 aromatic heterocycles. The van der Waals surface area contributed by atoms with E-state index in [0.29, 0.717) is 0 Å². The van der Waals surface area contributed by atoms with E-state index in [9.17, 15) is 0 Å². The van der Waals surface area contributed by atoms with Crippen molar-refractivity contribution < 1.29 is 0 Å². The number of aromatic nitrogens is 2. The lowest BCUT2D eigenvalue weighted by Gasteiger charge is -2.39. The maximum atomic E-state index is 5.75. The van der Waals surface area contributed by atoms with Gasteiger partial charge in [0, 0.05) is 47.5 Å². The number of fused-ring (bicyclic) bond motifs is 1. The van der Waals surface area contributed by atoms with Crippen molar-refractivity contribution in [2.45, 2.75) is 12.6 Å². The molecule has 25 heavy (non-hydrogen) atoms. The summed E-state index contributed by atoms with van der Waals surface area (Å²) in [6, 6.07) is 16.5. The van der Waals surface area contributed by atoms with Crippen LogP contribution < -0.4 is 5.32 Å². The molecule has 4 nitrogen and oxygen atoms in total. The Morgan fingerprint density at radius 3 is 2.76 bits per heavy atom. The quantitative estimate of drug-likeness (QED) is 0.630. The maximum Gasteiger partial charge on any atom is 0.174 e. The van der Waals surface area contributed by atoms with E-state index in [1.54, 1.807) is 0 Å². The highest BCUT2D eigenvalue weighted by Gasteiger charge is 2.30. The van der Waals surface area contributed by atoms with Gasteiger partial charge in [0.1, 0.15) is 0 Å². The monoisotopic (exact) mass is 412 g/mol. The largest absolute Gasteiger partial charge is 0.348 e. The molecule has 4 rings (SSSR count). The molecule has 0 amide bonds. The number of benzene rings is 1. The molecule has 0 saturated carbocycles. The molecular formula is C19H17BrN4S. The Balaban J connectivity index is 1.66. The first kappa shape index (κ1) is 16.3. The SMILES string of the molecule is S=C(Nc1cccc(Br)c1)N1CCn2cccc2[C@@H]1c1ccncc1. The Kier molecular flexibility index (Phi) is 4.55. The van der Waals surface area contributed by atoms with E-state index in [0.717, 1.165) is 28.4 Å². The summed E-state index contributed by atoms with van der Waals surface area (Å²) in [6.07, 6.45) is 5.80. The van der Waals surface area contributed by atoms with E-state index in [4.69, 9.17) is 12.2 Å². The third-order valence-corrected chi connectivity index (χ3v) is 5.23. The van der Waals surface area contributed by atoms with Crippen LogP contribution in [0.5, 0.6) is 0 Å². The van der Waals surface area contributed by atoms with Crippen LogP contribution in [0, 0.1) is 0 Å². The fourth-order valence-electron chi connectivity index (χ4n) is 3.26. The van der Waals surface area contributed by atoms with Crippen LogP contribution in [0.1, 0.15) is 17.3 Å². The predicted octanol–water partition coefficient (Wildman–Crippen LogP) is 4.45. The second-order valence-electron chi connectivity index (χ2n) is 5.94. The molecule has 1 aliphatic heterocycles. The van der Waals surface area contributed by atoms with E-state index in [2.05, 4.69) is 66.2 Å². The number of hydrogen-bond acceptors (Lipinski definition) is 2. The van der Waals surface area contributed by atoms with Gasteiger partial charge in [-0.05, 0) is 60.2 Å². The van der Waals surface area contributed by atoms with Gasteiger partial charge in [0.05, 0.1) is 6.04 Å². The van der Waals surface area contributed by atoms with E-state index < -0.39 is 0 Å². The summed E-state index contributed by atoms with van der Waals surface area (Å²) in [5, 5.41) is 4.11. The van der Waals surface area contributed by atoms with Crippen LogP contribution in [0.4, 0.5) is 5.69 Å². The fourth-order valence-corrected chi connectivity index (χ4v) is 3.97. The Morgan fingerprint density at radius 2 is 1.96 bits per heavy atom. The molecule has 0 saturated heterocycles. The predicted molar refractivity (Wildman–Crippen MR) is 108 cm³/mol. The van der Waals surface area contributed by atoms with Crippen molar-refractivity contribution in [2.75, 3.05) is 11.9 Å². The Hall–Kier alpha value is -2.18. The molecule has 1 aromatic carbocycles. The standard InChI is InChI=1S/C19H17BrN4S/c20-15-3-1-4-16(13-15)22-19(25)24-12-11-23-10-2-5-17(23)18(24)14-6-8-21-9-7-14/h1-10,13,18H,11-12H2,(H,22,25)/t18-/m0/s1. The normalized spacial score (nSPS) is 16.4. The zero-order valence-corrected chi connectivity index (χ0v) is 15.9. The molecular weight excluding hydrogens is 396 g/mol. The Bertz CT molecular complexity index is 893. The highest BCUT2D eigenvalue weighted by molar-refractivity contribution is 9.10. The lowest BCUT2D eigenvalue weighted by atomic mass is 10.0. The Labute approximate surface area is 160 Å². The number of anilines is 1. The van der Waals surface area contributed by atoms with Gasteiger partial charge in [-0.2, -0.15) is 0 Å². The summed E-state index contributed by atoms with van der Waals surface area (Å²) in [5.41, 5.74) is 3.41. The van der Waals surface area contributed by atoms with Gasteiger partial charge in [-0.1, -0.05) is 22.0 Å². The molecule has 1 aliphatic rings. The third kappa shape index (κ3) is 3.32. The Morgan fingerprint density at radius 1 is 1.12 bits per heavy atom. The fraction of sp³-hybridized carbons (Fsp3) is 0.158. The number of hydrogen-bond donors (Lipinski definition) is 1. The zero-order chi connectivity index (χ0) is 17.2. The van der Waals surface area contributed by atoms with Crippen molar-refractivity contribution in [3.05, 3.63) is 82.9 Å². The smallest absolute Gasteiger partial charge is 0.174 e. The van der Waals surface area contributed by atoms with Crippen LogP contribution in [-0.2, 0) is 6.54 Å². The van der Waals surface area contributed by atoms with Crippen molar-refractivity contribution in [3.63, 3.8) is 0 Å². The first-order chi connectivity index (χ1) is 12.2. The van der Waals surface area contributed by atoms with Crippen LogP contribution in [0.15, 0.2) is 71.6 Å². The van der Waals surface area contributed by atoms with Crippen molar-refractivity contribution in [1.29, 1.82) is 0 Å². The molecule has 6 heteroatoms. The second-order valence-corrected chi connectivity index (χ2v) is 7.25. The lowest BCUT2D eigenvalue weighted by molar-refractivity contribution is 0.293. The van der Waals surface area contributed by atoms with Crippen molar-refractivity contribution in [1.82, 2.24) is 14.5 Å². The number of thiocarbonyl (C=S) groups is 1. The van der Waals surface area contributed by atoms with Crippen molar-refractivity contribution in [2.24, 2.45) is 0 Å². The summed E-state index contributed by atoms with van der Waals surface area (Å²) >= 11 is 9.26. The van der Waals surface area contributed by atoms with Gasteiger partial charge in [0.25, 0.3) is 0 Å². The molecule has 0 bridgehead atoms. The number of nitrogens with one attached hydrogen (secondary N) is 1. The van der Waals surface area contributed by atoms with Crippen LogP contribution in [0.25, 0.3) is 0 Å². The van der Waals surface area contributed by atoms with Crippen LogP contribution in [0.3, 0.4) is 0 Å². The van der Waals surface area contributed by atoms with Gasteiger partial charge >= 0.3 is 0 Å². The van der Waals surface area contributed by atoms with E-state index in [1.807, 2.05) is 36.7 Å². The van der Waals surface area contributed by atoms with Crippen LogP contribution >= 0.6 is 28.1 Å². The average molecular weight is 413 g/mol. The molecule has 0 aliphatic carbocycles. The molecule has 0 radical (unpaired) electrons. The average Bonchev–Trinajstić information content (AvgIpc) is 3.10. The van der Waals surface area contributed by atoms with E-state index in [1.165, 1.54) is 11.3 Å². The van der Waals surface area contributed by atoms with Gasteiger partial charge in [-0.15, -0.1) is 0 Å². The number of nitrogens with zero attached hydrogens (tertiary/aromatic N) is 3. The minimum absolute atomic E-state index is 0.0823. The molecule has 0 fully saturated rings. The minimum Gasteiger partial charge on any atom is -0.348 e. The first-order valence-corrected chi connectivity index (χ1v) is 9.30. The molecule has 3 aromatic rings. The van der Waals surface area contributed by atoms with Gasteiger partial charge in [-0.25, -0.2) is 0 Å². The lowest BCUT2D eigenvalue weighted by Crippen LogP contribution is -2.44. The van der Waals surface area contributed by atoms with Gasteiger partial charge in [-0.3, -0.25) is 4.98 Å². The van der Waals surface area contributed by atoms with Crippen molar-refractivity contribution >= 4 is 38.9 Å². The first-order valence-electron chi connectivity index (χ1n) is 8.10. The summed E-state index contributed by atoms with van der Waals surface area (Å²) in [5.74, 6) is 0. The summed E-state index contributed by atoms with van der Waals surface area (Å²) in [4.78, 5) is 6.40. The summed E-state index contributed by atoms with van der Waals surface area (Å²) in [7, 11) is 0. The summed E-state index contributed by atoms with van der Waals surface area (Å²) in [6.45, 7) is 1.78. The zero-order valence-electron chi connectivity index (χ0n) is 13.5. The minimum atomic E-state index is 0.0823. The number of pyridine rings is 1. The third-order valence-electron chi connectivity index (χ3n) is 4.40. The topological polar surface area (TPSA) is 33.1 Å². The molecule has 126 valence electrons. The second kappa shape index (κ2) is 6.98. The highest BCUT2D eigenvalue weighted by atomic mass is 79.9. The van der Waals surface area contributed by atoms with Crippen LogP contribution in [0.2, 0.25) is 0 Å². The molecule has 0 spiro atoms. The van der Waals surface area contributed by atoms with Crippen molar-refractivity contribution in [3.8, 4) is 0 Å². The number of rotatable bonds is 2. The number of halogens is 1. The van der Waals surface area contributed by atoms with E-state index in [-0.39, 0.29) is 6.04 Å². The highest BCUT2D eigenvalue weighted by Crippen LogP contribution is 2.32. The van der Waals surface area contributed by atoms with Gasteiger partial charge in [0.15, 0.2) is 5.11 Å². The molecule has 0 unspecified atom stereocenters. The van der Waals surface area contributed by atoms with Gasteiger partial charge in [0.2, 0.25) is 0 Å². The molecule has 1 N–H and O–H groups in total. The maximum absolute atomic E-state index is 5.75. The van der Waals surface area contributed by atoms with Crippen LogP contribution in [-0.4, -0.2) is 26.1 Å². The van der Waals surface area contributed by atoms with Gasteiger partial charge < -0.3 is 14.8 Å². The molecule has 1 atom stereocenters. The van der Waals surface area contributed by atoms with E-state index >= 15 is 0 Å².